The molecule has 0 aromatic heterocycles. The highest BCUT2D eigenvalue weighted by Gasteiger charge is 2.30. The zero-order chi connectivity index (χ0) is 21.7. The Hall–Kier alpha value is -2.62. The number of carbonyl (C=O) groups is 2. The molecule has 0 bridgehead atoms. The zero-order valence-electron chi connectivity index (χ0n) is 16.4. The Bertz CT molecular complexity index is 1020. The first-order valence-corrected chi connectivity index (χ1v) is 11.1. The van der Waals surface area contributed by atoms with Crippen LogP contribution in [0.2, 0.25) is 5.02 Å². The molecule has 0 radical (unpaired) electrons. The van der Waals surface area contributed by atoms with Crippen molar-refractivity contribution in [2.24, 2.45) is 0 Å². The second-order valence-corrected chi connectivity index (χ2v) is 9.00. The minimum Gasteiger partial charge on any atom is -0.465 e. The van der Waals surface area contributed by atoms with E-state index in [-0.39, 0.29) is 43.5 Å². The van der Waals surface area contributed by atoms with E-state index in [0.717, 1.165) is 0 Å². The van der Waals surface area contributed by atoms with E-state index in [4.69, 9.17) is 16.3 Å². The van der Waals surface area contributed by atoms with E-state index in [1.54, 1.807) is 29.2 Å². The molecule has 1 N–H and O–H groups in total. The van der Waals surface area contributed by atoms with Gasteiger partial charge in [0.1, 0.15) is 0 Å². The summed E-state index contributed by atoms with van der Waals surface area (Å²) < 4.78 is 31.6. The van der Waals surface area contributed by atoms with Gasteiger partial charge >= 0.3 is 5.97 Å². The first-order valence-electron chi connectivity index (χ1n) is 9.27. The third-order valence-electron chi connectivity index (χ3n) is 4.81. The van der Waals surface area contributed by atoms with E-state index in [1.807, 2.05) is 0 Å². The number of rotatable bonds is 6. The number of methoxy groups -OCH3 is 1. The van der Waals surface area contributed by atoms with Crippen molar-refractivity contribution in [3.8, 4) is 0 Å². The van der Waals surface area contributed by atoms with E-state index in [0.29, 0.717) is 16.3 Å². The van der Waals surface area contributed by atoms with Crippen LogP contribution >= 0.6 is 11.6 Å². The first kappa shape index (κ1) is 22.1. The Morgan fingerprint density at radius 2 is 1.67 bits per heavy atom. The maximum atomic E-state index is 12.7. The average Bonchev–Trinajstić information content (AvgIpc) is 2.77. The predicted molar refractivity (Wildman–Crippen MR) is 113 cm³/mol. The molecular weight excluding hydrogens is 430 g/mol. The van der Waals surface area contributed by atoms with Crippen molar-refractivity contribution < 1.29 is 22.7 Å². The molecule has 10 heteroatoms. The SMILES string of the molecule is COC(=O)c1ccccc1NCC(=O)N1CCN(S(=O)(=O)c2ccc(Cl)cc2)CC1. The number of benzene rings is 2. The smallest absolute Gasteiger partial charge is 0.339 e. The summed E-state index contributed by atoms with van der Waals surface area (Å²) in [5.41, 5.74) is 0.841. The van der Waals surface area contributed by atoms with Gasteiger partial charge in [0.05, 0.1) is 24.1 Å². The molecule has 0 aliphatic carbocycles. The van der Waals surface area contributed by atoms with Crippen LogP contribution in [0.5, 0.6) is 0 Å². The number of ether oxygens (including phenoxy) is 1. The van der Waals surface area contributed by atoms with Gasteiger partial charge in [0.25, 0.3) is 0 Å². The van der Waals surface area contributed by atoms with Gasteiger partial charge in [0.15, 0.2) is 0 Å². The summed E-state index contributed by atoms with van der Waals surface area (Å²) in [6.07, 6.45) is 0. The fraction of sp³-hybridized carbons (Fsp3) is 0.300. The van der Waals surface area contributed by atoms with E-state index in [2.05, 4.69) is 5.32 Å². The number of carbonyl (C=O) groups excluding carboxylic acids is 2. The Labute approximate surface area is 180 Å². The minimum absolute atomic E-state index is 0.0159. The molecule has 2 aromatic rings. The van der Waals surface area contributed by atoms with Crippen LogP contribution in [-0.4, -0.2) is 69.3 Å². The number of nitrogens with zero attached hydrogens (tertiary/aromatic N) is 2. The number of para-hydroxylation sites is 1. The Morgan fingerprint density at radius 3 is 2.30 bits per heavy atom. The lowest BCUT2D eigenvalue weighted by Crippen LogP contribution is -2.51. The molecule has 1 aliphatic rings. The number of esters is 1. The Kier molecular flexibility index (Phi) is 6.96. The van der Waals surface area contributed by atoms with Crippen molar-refractivity contribution >= 4 is 39.2 Å². The lowest BCUT2D eigenvalue weighted by molar-refractivity contribution is -0.130. The number of amides is 1. The van der Waals surface area contributed by atoms with E-state index >= 15 is 0 Å². The van der Waals surface area contributed by atoms with E-state index in [1.165, 1.54) is 35.7 Å². The van der Waals surface area contributed by atoms with Crippen molar-refractivity contribution in [2.45, 2.75) is 4.90 Å². The molecule has 1 heterocycles. The van der Waals surface area contributed by atoms with E-state index < -0.39 is 16.0 Å². The molecule has 1 saturated heterocycles. The highest BCUT2D eigenvalue weighted by atomic mass is 35.5. The third-order valence-corrected chi connectivity index (χ3v) is 6.97. The molecule has 2 aromatic carbocycles. The first-order chi connectivity index (χ1) is 14.3. The van der Waals surface area contributed by atoms with Crippen LogP contribution in [0, 0.1) is 0 Å². The van der Waals surface area contributed by atoms with Crippen molar-refractivity contribution in [1.29, 1.82) is 0 Å². The van der Waals surface area contributed by atoms with Gasteiger partial charge in [-0.3, -0.25) is 4.79 Å². The number of anilines is 1. The van der Waals surface area contributed by atoms with Gasteiger partial charge in [-0.2, -0.15) is 4.31 Å². The van der Waals surface area contributed by atoms with Crippen LogP contribution in [-0.2, 0) is 19.6 Å². The van der Waals surface area contributed by atoms with Gasteiger partial charge in [0, 0.05) is 36.9 Å². The van der Waals surface area contributed by atoms with Crippen LogP contribution in [0.4, 0.5) is 5.69 Å². The molecule has 30 heavy (non-hydrogen) atoms. The lowest BCUT2D eigenvalue weighted by atomic mass is 10.2. The third kappa shape index (κ3) is 4.92. The van der Waals surface area contributed by atoms with Crippen LogP contribution in [0.1, 0.15) is 10.4 Å². The number of hydrogen-bond acceptors (Lipinski definition) is 6. The summed E-state index contributed by atoms with van der Waals surface area (Å²) in [7, 11) is -2.34. The number of hydrogen-bond donors (Lipinski definition) is 1. The molecule has 0 atom stereocenters. The van der Waals surface area contributed by atoms with Gasteiger partial charge in [-0.15, -0.1) is 0 Å². The zero-order valence-corrected chi connectivity index (χ0v) is 17.9. The van der Waals surface area contributed by atoms with Crippen molar-refractivity contribution in [3.05, 3.63) is 59.1 Å². The van der Waals surface area contributed by atoms with Gasteiger partial charge in [-0.1, -0.05) is 23.7 Å². The standard InChI is InChI=1S/C20H22ClN3O5S/c1-29-20(26)17-4-2-3-5-18(17)22-14-19(25)23-10-12-24(13-11-23)30(27,28)16-8-6-15(21)7-9-16/h2-9,22H,10-14H2,1H3. The Morgan fingerprint density at radius 1 is 1.03 bits per heavy atom. The summed E-state index contributed by atoms with van der Waals surface area (Å²) in [5.74, 6) is -0.676. The highest BCUT2D eigenvalue weighted by Crippen LogP contribution is 2.20. The second-order valence-electron chi connectivity index (χ2n) is 6.63. The summed E-state index contributed by atoms with van der Waals surface area (Å²) in [6.45, 7) is 0.959. The molecule has 0 spiro atoms. The number of sulfonamides is 1. The summed E-state index contributed by atoms with van der Waals surface area (Å²) in [5, 5.41) is 3.43. The quantitative estimate of drug-likeness (QED) is 0.675. The minimum atomic E-state index is -3.63. The molecular formula is C20H22ClN3O5S. The Balaban J connectivity index is 1.57. The predicted octanol–water partition coefficient (Wildman–Crippen LogP) is 2.07. The van der Waals surface area contributed by atoms with Crippen LogP contribution < -0.4 is 5.32 Å². The number of piperazine rings is 1. The van der Waals surface area contributed by atoms with Gasteiger partial charge < -0.3 is 15.0 Å². The van der Waals surface area contributed by atoms with Gasteiger partial charge in [-0.25, -0.2) is 13.2 Å². The number of halogens is 1. The molecule has 0 saturated carbocycles. The van der Waals surface area contributed by atoms with Gasteiger partial charge in [-0.05, 0) is 36.4 Å². The van der Waals surface area contributed by atoms with Crippen LogP contribution in [0.15, 0.2) is 53.4 Å². The molecule has 1 fully saturated rings. The normalized spacial score (nSPS) is 14.9. The maximum absolute atomic E-state index is 12.7. The number of nitrogens with one attached hydrogen (secondary N) is 1. The monoisotopic (exact) mass is 451 g/mol. The van der Waals surface area contributed by atoms with Crippen molar-refractivity contribution in [2.75, 3.05) is 45.2 Å². The topological polar surface area (TPSA) is 96.0 Å². The molecule has 8 nitrogen and oxygen atoms in total. The van der Waals surface area contributed by atoms with E-state index in [9.17, 15) is 18.0 Å². The van der Waals surface area contributed by atoms with Crippen LogP contribution in [0.3, 0.4) is 0 Å². The lowest BCUT2D eigenvalue weighted by Gasteiger charge is -2.34. The average molecular weight is 452 g/mol. The molecule has 160 valence electrons. The molecule has 3 rings (SSSR count). The molecule has 0 unspecified atom stereocenters. The highest BCUT2D eigenvalue weighted by molar-refractivity contribution is 7.89. The summed E-state index contributed by atoms with van der Waals surface area (Å²) in [4.78, 5) is 26.1. The molecule has 1 aliphatic heterocycles. The van der Waals surface area contributed by atoms with Gasteiger partial charge in [0.2, 0.25) is 15.9 Å². The fourth-order valence-corrected chi connectivity index (χ4v) is 4.69. The fourth-order valence-electron chi connectivity index (χ4n) is 3.14. The maximum Gasteiger partial charge on any atom is 0.339 e. The molecule has 1 amide bonds. The largest absolute Gasteiger partial charge is 0.465 e. The van der Waals surface area contributed by atoms with Crippen molar-refractivity contribution in [3.63, 3.8) is 0 Å². The summed E-state index contributed by atoms with van der Waals surface area (Å²) >= 11 is 5.83. The van der Waals surface area contributed by atoms with Crippen molar-refractivity contribution in [1.82, 2.24) is 9.21 Å². The second kappa shape index (κ2) is 9.46. The summed E-state index contributed by atoms with van der Waals surface area (Å²) in [6, 6.07) is 12.8. The van der Waals surface area contributed by atoms with Crippen LogP contribution in [0.25, 0.3) is 0 Å².